The van der Waals surface area contributed by atoms with Gasteiger partial charge in [-0.25, -0.2) is 0 Å². The van der Waals surface area contributed by atoms with E-state index in [0.717, 1.165) is 22.8 Å². The maximum Gasteiger partial charge on any atom is 0.124 e. The number of hydrogen-bond donors (Lipinski definition) is 2. The lowest BCUT2D eigenvalue weighted by atomic mass is 9.99. The quantitative estimate of drug-likeness (QED) is 0.839. The smallest absolute Gasteiger partial charge is 0.124 e. The van der Waals surface area contributed by atoms with Crippen LogP contribution in [0, 0.1) is 12.8 Å². The van der Waals surface area contributed by atoms with E-state index in [1.165, 1.54) is 25.7 Å². The first kappa shape index (κ1) is 15.3. The second-order valence-corrected chi connectivity index (χ2v) is 6.00. The van der Waals surface area contributed by atoms with E-state index < -0.39 is 6.10 Å². The largest absolute Gasteiger partial charge is 0.496 e. The summed E-state index contributed by atoms with van der Waals surface area (Å²) in [5, 5.41) is 13.9. The standard InChI is InChI=1S/C17H27NO2/c1-12-8-9-17(20-3)15(10-12)16(19)11-18-13(2)14-6-4-5-7-14/h8-10,13-14,16,18-19H,4-7,11H2,1-3H3. The van der Waals surface area contributed by atoms with E-state index in [-0.39, 0.29) is 0 Å². The van der Waals surface area contributed by atoms with Gasteiger partial charge in [-0.2, -0.15) is 0 Å². The van der Waals surface area contributed by atoms with Gasteiger partial charge in [0.2, 0.25) is 0 Å². The fourth-order valence-corrected chi connectivity index (χ4v) is 3.15. The minimum absolute atomic E-state index is 0.475. The molecule has 2 N–H and O–H groups in total. The summed E-state index contributed by atoms with van der Waals surface area (Å²) >= 11 is 0. The first-order valence-corrected chi connectivity index (χ1v) is 7.67. The van der Waals surface area contributed by atoms with Crippen molar-refractivity contribution < 1.29 is 9.84 Å². The molecule has 3 heteroatoms. The SMILES string of the molecule is COc1ccc(C)cc1C(O)CNC(C)C1CCCC1. The van der Waals surface area contributed by atoms with E-state index in [9.17, 15) is 5.11 Å². The summed E-state index contributed by atoms with van der Waals surface area (Å²) in [6.07, 6.45) is 4.82. The number of methoxy groups -OCH3 is 1. The van der Waals surface area contributed by atoms with Crippen molar-refractivity contribution in [3.63, 3.8) is 0 Å². The topological polar surface area (TPSA) is 41.5 Å². The first-order chi connectivity index (χ1) is 9.61. The van der Waals surface area contributed by atoms with Crippen molar-refractivity contribution in [1.29, 1.82) is 0 Å². The van der Waals surface area contributed by atoms with Crippen molar-refractivity contribution in [3.05, 3.63) is 29.3 Å². The Kier molecular flexibility index (Phi) is 5.44. The first-order valence-electron chi connectivity index (χ1n) is 7.67. The van der Waals surface area contributed by atoms with Crippen LogP contribution in [0.1, 0.15) is 49.8 Å². The third-order valence-corrected chi connectivity index (χ3v) is 4.48. The predicted molar refractivity (Wildman–Crippen MR) is 82.1 cm³/mol. The molecule has 0 aliphatic heterocycles. The van der Waals surface area contributed by atoms with Crippen molar-refractivity contribution >= 4 is 0 Å². The molecule has 1 aliphatic rings. The number of benzene rings is 1. The average molecular weight is 277 g/mol. The number of ether oxygens (including phenoxy) is 1. The number of rotatable bonds is 6. The molecule has 1 fully saturated rings. The van der Waals surface area contributed by atoms with Crippen LogP contribution in [-0.2, 0) is 0 Å². The van der Waals surface area contributed by atoms with Gasteiger partial charge in [-0.05, 0) is 44.7 Å². The van der Waals surface area contributed by atoms with Crippen molar-refractivity contribution in [3.8, 4) is 5.75 Å². The Morgan fingerprint density at radius 3 is 2.70 bits per heavy atom. The fraction of sp³-hybridized carbons (Fsp3) is 0.647. The van der Waals surface area contributed by atoms with Crippen LogP contribution in [0.25, 0.3) is 0 Å². The molecule has 1 aliphatic carbocycles. The van der Waals surface area contributed by atoms with Crippen molar-refractivity contribution in [1.82, 2.24) is 5.32 Å². The van der Waals surface area contributed by atoms with Crippen LogP contribution in [0.2, 0.25) is 0 Å². The van der Waals surface area contributed by atoms with Gasteiger partial charge < -0.3 is 15.2 Å². The molecule has 1 saturated carbocycles. The summed E-state index contributed by atoms with van der Waals surface area (Å²) in [4.78, 5) is 0. The molecule has 3 nitrogen and oxygen atoms in total. The summed E-state index contributed by atoms with van der Waals surface area (Å²) in [5.41, 5.74) is 2.02. The maximum atomic E-state index is 10.4. The Hall–Kier alpha value is -1.06. The molecule has 1 aromatic rings. The van der Waals surface area contributed by atoms with Crippen molar-refractivity contribution in [2.75, 3.05) is 13.7 Å². The van der Waals surface area contributed by atoms with Crippen LogP contribution in [0.5, 0.6) is 5.75 Å². The van der Waals surface area contributed by atoms with Crippen molar-refractivity contribution in [2.45, 2.75) is 51.7 Å². The molecular formula is C17H27NO2. The minimum Gasteiger partial charge on any atom is -0.496 e. The van der Waals surface area contributed by atoms with Gasteiger partial charge in [-0.3, -0.25) is 0 Å². The zero-order chi connectivity index (χ0) is 14.5. The molecule has 0 amide bonds. The number of aryl methyl sites for hydroxylation is 1. The van der Waals surface area contributed by atoms with Gasteiger partial charge in [0, 0.05) is 18.2 Å². The van der Waals surface area contributed by atoms with Crippen LogP contribution < -0.4 is 10.1 Å². The molecule has 0 spiro atoms. The monoisotopic (exact) mass is 277 g/mol. The Morgan fingerprint density at radius 1 is 1.35 bits per heavy atom. The summed E-state index contributed by atoms with van der Waals surface area (Å²) in [5.74, 6) is 1.53. The van der Waals surface area contributed by atoms with Gasteiger partial charge in [-0.15, -0.1) is 0 Å². The van der Waals surface area contributed by atoms with E-state index in [0.29, 0.717) is 12.6 Å². The Balaban J connectivity index is 1.93. The molecule has 112 valence electrons. The van der Waals surface area contributed by atoms with Crippen LogP contribution in [0.4, 0.5) is 0 Å². The maximum absolute atomic E-state index is 10.4. The summed E-state index contributed by atoms with van der Waals surface area (Å²) in [6.45, 7) is 4.85. The average Bonchev–Trinajstić information content (AvgIpc) is 2.98. The van der Waals surface area contributed by atoms with Gasteiger partial charge in [0.25, 0.3) is 0 Å². The zero-order valence-electron chi connectivity index (χ0n) is 12.9. The molecule has 20 heavy (non-hydrogen) atoms. The highest BCUT2D eigenvalue weighted by atomic mass is 16.5. The second-order valence-electron chi connectivity index (χ2n) is 6.00. The summed E-state index contributed by atoms with van der Waals surface area (Å²) < 4.78 is 5.34. The Morgan fingerprint density at radius 2 is 2.05 bits per heavy atom. The summed E-state index contributed by atoms with van der Waals surface area (Å²) in [7, 11) is 1.65. The molecule has 0 saturated heterocycles. The molecule has 0 aromatic heterocycles. The normalized spacial score (nSPS) is 19.0. The number of aliphatic hydroxyl groups excluding tert-OH is 1. The van der Waals surface area contributed by atoms with Gasteiger partial charge in [0.05, 0.1) is 13.2 Å². The van der Waals surface area contributed by atoms with E-state index in [2.05, 4.69) is 12.2 Å². The molecule has 2 atom stereocenters. The van der Waals surface area contributed by atoms with E-state index in [1.54, 1.807) is 7.11 Å². The third kappa shape index (κ3) is 3.74. The van der Waals surface area contributed by atoms with Crippen LogP contribution in [0.15, 0.2) is 18.2 Å². The van der Waals surface area contributed by atoms with E-state index in [4.69, 9.17) is 4.74 Å². The van der Waals surface area contributed by atoms with E-state index in [1.807, 2.05) is 25.1 Å². The third-order valence-electron chi connectivity index (χ3n) is 4.48. The lowest BCUT2D eigenvalue weighted by Crippen LogP contribution is -2.35. The highest BCUT2D eigenvalue weighted by Crippen LogP contribution is 2.29. The van der Waals surface area contributed by atoms with Crippen LogP contribution in [-0.4, -0.2) is 24.8 Å². The highest BCUT2D eigenvalue weighted by Gasteiger charge is 2.22. The Bertz CT molecular complexity index is 427. The minimum atomic E-state index is -0.520. The Labute approximate surface area is 122 Å². The van der Waals surface area contributed by atoms with Crippen LogP contribution >= 0.6 is 0 Å². The number of hydrogen-bond acceptors (Lipinski definition) is 3. The molecule has 0 bridgehead atoms. The lowest BCUT2D eigenvalue weighted by Gasteiger charge is -2.23. The number of nitrogens with one attached hydrogen (secondary N) is 1. The zero-order valence-corrected chi connectivity index (χ0v) is 12.9. The van der Waals surface area contributed by atoms with Crippen LogP contribution in [0.3, 0.4) is 0 Å². The lowest BCUT2D eigenvalue weighted by molar-refractivity contribution is 0.161. The van der Waals surface area contributed by atoms with Gasteiger partial charge in [0.1, 0.15) is 5.75 Å². The molecular weight excluding hydrogens is 250 g/mol. The van der Waals surface area contributed by atoms with Gasteiger partial charge in [-0.1, -0.05) is 24.5 Å². The predicted octanol–water partition coefficient (Wildman–Crippen LogP) is 3.21. The molecule has 0 heterocycles. The number of aliphatic hydroxyl groups is 1. The molecule has 2 unspecified atom stereocenters. The second kappa shape index (κ2) is 7.09. The molecule has 1 aromatic carbocycles. The van der Waals surface area contributed by atoms with Crippen molar-refractivity contribution in [2.24, 2.45) is 5.92 Å². The summed E-state index contributed by atoms with van der Waals surface area (Å²) in [6, 6.07) is 6.41. The van der Waals surface area contributed by atoms with Gasteiger partial charge in [0.15, 0.2) is 0 Å². The van der Waals surface area contributed by atoms with Gasteiger partial charge >= 0.3 is 0 Å². The van der Waals surface area contributed by atoms with E-state index >= 15 is 0 Å². The molecule has 2 rings (SSSR count). The molecule has 0 radical (unpaired) electrons. The fourth-order valence-electron chi connectivity index (χ4n) is 3.15. The highest BCUT2D eigenvalue weighted by molar-refractivity contribution is 5.38.